The van der Waals surface area contributed by atoms with E-state index in [9.17, 15) is 14.4 Å². The molecule has 1 aromatic carbocycles. The van der Waals surface area contributed by atoms with Gasteiger partial charge in [0.1, 0.15) is 11.8 Å². The zero-order valence-corrected chi connectivity index (χ0v) is 16.0. The summed E-state index contributed by atoms with van der Waals surface area (Å²) in [6.45, 7) is 4.53. The van der Waals surface area contributed by atoms with Crippen LogP contribution >= 0.6 is 0 Å². The zero-order valence-electron chi connectivity index (χ0n) is 16.0. The highest BCUT2D eigenvalue weighted by Crippen LogP contribution is 2.17. The number of morpholine rings is 1. The van der Waals surface area contributed by atoms with Crippen LogP contribution in [0.5, 0.6) is 5.75 Å². The van der Waals surface area contributed by atoms with Gasteiger partial charge in [0.05, 0.1) is 33.3 Å². The van der Waals surface area contributed by atoms with E-state index in [0.29, 0.717) is 25.5 Å². The Kier molecular flexibility index (Phi) is 6.83. The molecule has 0 aliphatic carbocycles. The van der Waals surface area contributed by atoms with Gasteiger partial charge in [-0.3, -0.25) is 19.4 Å². The van der Waals surface area contributed by atoms with Crippen LogP contribution < -0.4 is 15.4 Å². The number of urea groups is 1. The van der Waals surface area contributed by atoms with Crippen molar-refractivity contribution in [3.05, 3.63) is 29.8 Å². The average molecular weight is 390 g/mol. The molecule has 0 aromatic heterocycles. The Balaban J connectivity index is 1.45. The number of methoxy groups -OCH3 is 1. The monoisotopic (exact) mass is 390 g/mol. The molecule has 1 unspecified atom stereocenters. The summed E-state index contributed by atoms with van der Waals surface area (Å²) >= 11 is 0. The third-order valence-corrected chi connectivity index (χ3v) is 4.85. The molecule has 0 saturated carbocycles. The topological polar surface area (TPSA) is 100 Å². The molecular weight excluding hydrogens is 364 g/mol. The number of ether oxygens (including phenoxy) is 2. The SMILES string of the molecule is COc1ccc(CN2C(=O)NC(CC(=O)NCCN3CCOCC3)C2=O)cc1. The van der Waals surface area contributed by atoms with E-state index in [0.717, 1.165) is 30.1 Å². The molecule has 9 heteroatoms. The summed E-state index contributed by atoms with van der Waals surface area (Å²) in [5.41, 5.74) is 0.805. The van der Waals surface area contributed by atoms with E-state index < -0.39 is 12.1 Å². The summed E-state index contributed by atoms with van der Waals surface area (Å²) in [6, 6.07) is 5.83. The maximum absolute atomic E-state index is 12.5. The standard InChI is InChI=1S/C19H26N4O5/c1-27-15-4-2-14(3-5-15)13-23-18(25)16(21-19(23)26)12-17(24)20-6-7-22-8-10-28-11-9-22/h2-5,16H,6-13H2,1H3,(H,20,24)(H,21,26). The van der Waals surface area contributed by atoms with Crippen LogP contribution in [-0.4, -0.2) is 80.2 Å². The Bertz CT molecular complexity index is 703. The molecule has 0 radical (unpaired) electrons. The molecule has 1 aromatic rings. The van der Waals surface area contributed by atoms with Gasteiger partial charge in [-0.25, -0.2) is 4.79 Å². The van der Waals surface area contributed by atoms with Crippen LogP contribution in [0, 0.1) is 0 Å². The lowest BCUT2D eigenvalue weighted by Crippen LogP contribution is -2.42. The lowest BCUT2D eigenvalue weighted by Gasteiger charge is -2.26. The number of hydrogen-bond donors (Lipinski definition) is 2. The molecule has 2 fully saturated rings. The van der Waals surface area contributed by atoms with Gasteiger partial charge in [-0.1, -0.05) is 12.1 Å². The van der Waals surface area contributed by atoms with Crippen molar-refractivity contribution < 1.29 is 23.9 Å². The second-order valence-corrected chi connectivity index (χ2v) is 6.78. The second-order valence-electron chi connectivity index (χ2n) is 6.78. The Morgan fingerprint density at radius 1 is 1.25 bits per heavy atom. The first kappa shape index (κ1) is 20.1. The van der Waals surface area contributed by atoms with Crippen molar-refractivity contribution in [3.63, 3.8) is 0 Å². The van der Waals surface area contributed by atoms with Gasteiger partial charge in [0.15, 0.2) is 0 Å². The molecule has 4 amide bonds. The number of amides is 4. The number of benzene rings is 1. The molecule has 0 spiro atoms. The van der Waals surface area contributed by atoms with E-state index in [4.69, 9.17) is 9.47 Å². The Morgan fingerprint density at radius 2 is 1.96 bits per heavy atom. The maximum atomic E-state index is 12.5. The Morgan fingerprint density at radius 3 is 2.64 bits per heavy atom. The molecule has 3 rings (SSSR count). The number of nitrogens with zero attached hydrogens (tertiary/aromatic N) is 2. The van der Waals surface area contributed by atoms with E-state index in [1.807, 2.05) is 0 Å². The normalized spacial score (nSPS) is 20.2. The third-order valence-electron chi connectivity index (χ3n) is 4.85. The molecule has 1 atom stereocenters. The van der Waals surface area contributed by atoms with E-state index >= 15 is 0 Å². The van der Waals surface area contributed by atoms with E-state index in [-0.39, 0.29) is 24.8 Å². The number of carbonyl (C=O) groups is 3. The van der Waals surface area contributed by atoms with Crippen LogP contribution in [0.3, 0.4) is 0 Å². The first-order chi connectivity index (χ1) is 13.6. The van der Waals surface area contributed by atoms with Crippen LogP contribution in [-0.2, 0) is 20.9 Å². The minimum Gasteiger partial charge on any atom is -0.497 e. The molecule has 0 bridgehead atoms. The highest BCUT2D eigenvalue weighted by molar-refractivity contribution is 6.05. The van der Waals surface area contributed by atoms with Gasteiger partial charge >= 0.3 is 6.03 Å². The first-order valence-electron chi connectivity index (χ1n) is 9.38. The predicted molar refractivity (Wildman–Crippen MR) is 101 cm³/mol. The van der Waals surface area contributed by atoms with Gasteiger partial charge in [0.2, 0.25) is 5.91 Å². The maximum Gasteiger partial charge on any atom is 0.325 e. The van der Waals surface area contributed by atoms with Crippen molar-refractivity contribution in [1.29, 1.82) is 0 Å². The predicted octanol–water partition coefficient (Wildman–Crippen LogP) is -0.0459. The van der Waals surface area contributed by atoms with Crippen molar-refractivity contribution in [2.24, 2.45) is 0 Å². The molecule has 2 aliphatic rings. The fourth-order valence-corrected chi connectivity index (χ4v) is 3.21. The van der Waals surface area contributed by atoms with Crippen molar-refractivity contribution in [2.75, 3.05) is 46.5 Å². The lowest BCUT2D eigenvalue weighted by atomic mass is 10.1. The minimum atomic E-state index is -0.825. The summed E-state index contributed by atoms with van der Waals surface area (Å²) in [5, 5.41) is 5.40. The van der Waals surface area contributed by atoms with E-state index in [1.165, 1.54) is 0 Å². The van der Waals surface area contributed by atoms with Gasteiger partial charge in [0, 0.05) is 26.2 Å². The van der Waals surface area contributed by atoms with Crippen molar-refractivity contribution in [2.45, 2.75) is 19.0 Å². The summed E-state index contributed by atoms with van der Waals surface area (Å²) < 4.78 is 10.4. The summed E-state index contributed by atoms with van der Waals surface area (Å²) in [5.74, 6) is 0.0648. The third kappa shape index (κ3) is 5.20. The molecule has 2 saturated heterocycles. The Hall–Kier alpha value is -2.65. The van der Waals surface area contributed by atoms with Crippen LogP contribution in [0.25, 0.3) is 0 Å². The number of hydrogen-bond acceptors (Lipinski definition) is 6. The van der Waals surface area contributed by atoms with Gasteiger partial charge in [-0.05, 0) is 17.7 Å². The van der Waals surface area contributed by atoms with Crippen molar-refractivity contribution in [1.82, 2.24) is 20.4 Å². The average Bonchev–Trinajstić information content (AvgIpc) is 2.96. The van der Waals surface area contributed by atoms with Gasteiger partial charge < -0.3 is 20.1 Å². The Labute approximate surface area is 163 Å². The van der Waals surface area contributed by atoms with E-state index in [2.05, 4.69) is 15.5 Å². The first-order valence-corrected chi connectivity index (χ1v) is 9.38. The van der Waals surface area contributed by atoms with Crippen molar-refractivity contribution >= 4 is 17.8 Å². The van der Waals surface area contributed by atoms with Crippen LogP contribution in [0.4, 0.5) is 4.79 Å². The van der Waals surface area contributed by atoms with E-state index in [1.54, 1.807) is 31.4 Å². The largest absolute Gasteiger partial charge is 0.497 e. The second kappa shape index (κ2) is 9.52. The highest BCUT2D eigenvalue weighted by atomic mass is 16.5. The fraction of sp³-hybridized carbons (Fsp3) is 0.526. The molecule has 152 valence electrons. The van der Waals surface area contributed by atoms with Crippen LogP contribution in [0.2, 0.25) is 0 Å². The smallest absolute Gasteiger partial charge is 0.325 e. The summed E-state index contributed by atoms with van der Waals surface area (Å²) in [6.07, 6.45) is -0.0627. The summed E-state index contributed by atoms with van der Waals surface area (Å²) in [7, 11) is 1.57. The quantitative estimate of drug-likeness (QED) is 0.604. The molecule has 2 aliphatic heterocycles. The van der Waals surface area contributed by atoms with Gasteiger partial charge in [-0.15, -0.1) is 0 Å². The minimum absolute atomic E-state index is 0.0627. The lowest BCUT2D eigenvalue weighted by molar-refractivity contribution is -0.131. The van der Waals surface area contributed by atoms with Gasteiger partial charge in [0.25, 0.3) is 5.91 Å². The number of rotatable bonds is 8. The highest BCUT2D eigenvalue weighted by Gasteiger charge is 2.38. The van der Waals surface area contributed by atoms with Crippen LogP contribution in [0.15, 0.2) is 24.3 Å². The fourth-order valence-electron chi connectivity index (χ4n) is 3.21. The number of carbonyl (C=O) groups excluding carboxylic acids is 3. The molecule has 2 heterocycles. The van der Waals surface area contributed by atoms with Gasteiger partial charge in [-0.2, -0.15) is 0 Å². The van der Waals surface area contributed by atoms with Crippen LogP contribution in [0.1, 0.15) is 12.0 Å². The van der Waals surface area contributed by atoms with Crippen molar-refractivity contribution in [3.8, 4) is 5.75 Å². The summed E-state index contributed by atoms with van der Waals surface area (Å²) in [4.78, 5) is 40.1. The zero-order chi connectivity index (χ0) is 19.9. The number of imide groups is 1. The molecule has 9 nitrogen and oxygen atoms in total. The molecule has 2 N–H and O–H groups in total. The molecular formula is C19H26N4O5. The number of nitrogens with one attached hydrogen (secondary N) is 2. The molecule has 28 heavy (non-hydrogen) atoms.